The van der Waals surface area contributed by atoms with Gasteiger partial charge in [-0.3, -0.25) is 0 Å². The summed E-state index contributed by atoms with van der Waals surface area (Å²) in [6, 6.07) is 3.56. The first kappa shape index (κ1) is 32.3. The summed E-state index contributed by atoms with van der Waals surface area (Å²) in [4.78, 5) is 0. The zero-order valence-corrected chi connectivity index (χ0v) is 25.6. The number of hydrogen-bond acceptors (Lipinski definition) is 8. The molecule has 0 saturated heterocycles. The molecule has 0 saturated carbocycles. The minimum Gasteiger partial charge on any atom is -0.748 e. The Morgan fingerprint density at radius 3 is 1.32 bits per heavy atom. The number of halogens is 2. The van der Waals surface area contributed by atoms with E-state index in [9.17, 15) is 25.9 Å². The number of rotatable bonds is 12. The SMILES string of the molecule is O=S(=O)([O-])CCCCOc1cc(I)c(OCCCCS(=O)(=O)[O-])cc1I.[Na+].[Na+]. The number of hydrogen-bond donors (Lipinski definition) is 0. The van der Waals surface area contributed by atoms with Crippen LogP contribution in [0.3, 0.4) is 0 Å². The van der Waals surface area contributed by atoms with Crippen molar-refractivity contribution in [3.63, 3.8) is 0 Å². The van der Waals surface area contributed by atoms with Gasteiger partial charge in [0.15, 0.2) is 0 Å². The Morgan fingerprint density at radius 1 is 0.714 bits per heavy atom. The van der Waals surface area contributed by atoms with Gasteiger partial charge < -0.3 is 18.6 Å². The van der Waals surface area contributed by atoms with Crippen LogP contribution in [0.25, 0.3) is 0 Å². The molecule has 0 heterocycles. The predicted molar refractivity (Wildman–Crippen MR) is 110 cm³/mol. The second kappa shape index (κ2) is 15.8. The van der Waals surface area contributed by atoms with Gasteiger partial charge in [0.25, 0.3) is 0 Å². The van der Waals surface area contributed by atoms with Gasteiger partial charge in [-0.25, -0.2) is 16.8 Å². The molecule has 0 unspecified atom stereocenters. The second-order valence-corrected chi connectivity index (χ2v) is 10.7. The number of benzene rings is 1. The number of unbranched alkanes of at least 4 members (excludes halogenated alkanes) is 2. The molecule has 0 fully saturated rings. The van der Waals surface area contributed by atoms with E-state index in [1.54, 1.807) is 12.1 Å². The molecule has 28 heavy (non-hydrogen) atoms. The summed E-state index contributed by atoms with van der Waals surface area (Å²) >= 11 is 4.16. The van der Waals surface area contributed by atoms with Gasteiger partial charge in [0.1, 0.15) is 11.5 Å². The molecule has 0 amide bonds. The molecule has 8 nitrogen and oxygen atoms in total. The van der Waals surface area contributed by atoms with Crippen LogP contribution >= 0.6 is 45.2 Å². The average Bonchev–Trinajstić information content (AvgIpc) is 2.48. The topological polar surface area (TPSA) is 133 Å². The molecular weight excluding hydrogens is 660 g/mol. The Kier molecular flexibility index (Phi) is 18.2. The van der Waals surface area contributed by atoms with Crippen molar-refractivity contribution >= 4 is 65.4 Å². The van der Waals surface area contributed by atoms with E-state index in [2.05, 4.69) is 45.2 Å². The van der Waals surface area contributed by atoms with Gasteiger partial charge in [0, 0.05) is 11.5 Å². The van der Waals surface area contributed by atoms with Crippen molar-refractivity contribution in [2.24, 2.45) is 0 Å². The molecule has 0 aliphatic rings. The Labute approximate surface area is 237 Å². The number of ether oxygens (including phenoxy) is 2. The predicted octanol–water partition coefficient (Wildman–Crippen LogP) is -3.69. The van der Waals surface area contributed by atoms with Crippen LogP contribution in [0, 0.1) is 7.14 Å². The van der Waals surface area contributed by atoms with Crippen molar-refractivity contribution in [2.45, 2.75) is 25.7 Å². The fraction of sp³-hybridized carbons (Fsp3) is 0.571. The third kappa shape index (κ3) is 15.8. The van der Waals surface area contributed by atoms with Crippen molar-refractivity contribution in [3.05, 3.63) is 19.3 Å². The normalized spacial score (nSPS) is 11.3. The van der Waals surface area contributed by atoms with Gasteiger partial charge in [0.05, 0.1) is 40.6 Å². The molecule has 0 aromatic heterocycles. The Morgan fingerprint density at radius 2 is 1.04 bits per heavy atom. The van der Waals surface area contributed by atoms with Gasteiger partial charge >= 0.3 is 59.1 Å². The van der Waals surface area contributed by atoms with E-state index in [0.29, 0.717) is 37.6 Å². The summed E-state index contributed by atoms with van der Waals surface area (Å²) in [6.07, 6.45) is 1.41. The van der Waals surface area contributed by atoms with Crippen molar-refractivity contribution in [3.8, 4) is 11.5 Å². The molecule has 14 heteroatoms. The van der Waals surface area contributed by atoms with E-state index < -0.39 is 31.7 Å². The minimum absolute atomic E-state index is 0. The summed E-state index contributed by atoms with van der Waals surface area (Å²) in [5.41, 5.74) is 0. The molecule has 0 radical (unpaired) electrons. The van der Waals surface area contributed by atoms with Crippen LogP contribution in [0.2, 0.25) is 0 Å². The van der Waals surface area contributed by atoms with E-state index >= 15 is 0 Å². The molecule has 0 atom stereocenters. The van der Waals surface area contributed by atoms with Gasteiger partial charge in [-0.15, -0.1) is 0 Å². The molecule has 0 aliphatic heterocycles. The van der Waals surface area contributed by atoms with Crippen LogP contribution in [0.5, 0.6) is 11.5 Å². The summed E-state index contributed by atoms with van der Waals surface area (Å²) in [7, 11) is -8.37. The zero-order chi connectivity index (χ0) is 19.8. The monoisotopic (exact) mass is 678 g/mol. The molecule has 1 rings (SSSR count). The van der Waals surface area contributed by atoms with Gasteiger partial charge in [0.2, 0.25) is 0 Å². The van der Waals surface area contributed by atoms with Gasteiger partial charge in [-0.1, -0.05) is 0 Å². The summed E-state index contributed by atoms with van der Waals surface area (Å²) in [6.45, 7) is 0.594. The van der Waals surface area contributed by atoms with Crippen molar-refractivity contribution < 1.29 is 94.5 Å². The molecule has 1 aromatic carbocycles. The van der Waals surface area contributed by atoms with Crippen LogP contribution in [0.15, 0.2) is 12.1 Å². The average molecular weight is 678 g/mol. The van der Waals surface area contributed by atoms with Crippen LogP contribution in [-0.2, 0) is 20.2 Å². The third-order valence-electron chi connectivity index (χ3n) is 3.08. The van der Waals surface area contributed by atoms with Crippen LogP contribution in [0.4, 0.5) is 0 Å². The van der Waals surface area contributed by atoms with Crippen LogP contribution < -0.4 is 68.6 Å². The van der Waals surface area contributed by atoms with E-state index in [1.807, 2.05) is 0 Å². The summed E-state index contributed by atoms with van der Waals surface area (Å²) < 4.78 is 75.9. The van der Waals surface area contributed by atoms with Crippen molar-refractivity contribution in [1.82, 2.24) is 0 Å². The maximum atomic E-state index is 10.5. The fourth-order valence-corrected chi connectivity index (χ4v) is 4.16. The largest absolute Gasteiger partial charge is 1.00 e. The maximum absolute atomic E-state index is 10.5. The zero-order valence-electron chi connectivity index (χ0n) is 15.6. The van der Waals surface area contributed by atoms with Gasteiger partial charge in [-0.2, -0.15) is 0 Å². The summed E-state index contributed by atoms with van der Waals surface area (Å²) in [5.74, 6) is 0.464. The quantitative estimate of drug-likeness (QED) is 0.0957. The fourth-order valence-electron chi connectivity index (χ4n) is 1.86. The minimum atomic E-state index is -4.19. The molecule has 0 bridgehead atoms. The first-order valence-corrected chi connectivity index (χ1v) is 12.9. The summed E-state index contributed by atoms with van der Waals surface area (Å²) in [5, 5.41) is 0. The van der Waals surface area contributed by atoms with E-state index in [1.165, 1.54) is 0 Å². The van der Waals surface area contributed by atoms with E-state index in [-0.39, 0.29) is 72.0 Å². The molecule has 150 valence electrons. The Bertz CT molecular complexity index is 736. The van der Waals surface area contributed by atoms with E-state index in [4.69, 9.17) is 9.47 Å². The van der Waals surface area contributed by atoms with Crippen LogP contribution in [-0.4, -0.2) is 50.7 Å². The Balaban J connectivity index is 0. The third-order valence-corrected chi connectivity index (χ3v) is 6.34. The molecule has 1 aromatic rings. The first-order chi connectivity index (χ1) is 12.0. The van der Waals surface area contributed by atoms with Crippen molar-refractivity contribution in [2.75, 3.05) is 24.7 Å². The Hall–Kier alpha value is 2.10. The molecule has 0 spiro atoms. The molecular formula is C14H18I2Na2O8S2. The molecule has 0 N–H and O–H groups in total. The van der Waals surface area contributed by atoms with E-state index in [0.717, 1.165) is 7.14 Å². The molecule has 0 aliphatic carbocycles. The van der Waals surface area contributed by atoms with Gasteiger partial charge in [-0.05, 0) is 83.0 Å². The van der Waals surface area contributed by atoms with Crippen LogP contribution in [0.1, 0.15) is 25.7 Å². The standard InChI is InChI=1S/C14H20I2O8S2.2Na/c15-11-10-14(24-6-2-4-8-26(20,21)22)12(16)9-13(11)23-5-1-3-7-25(17,18)19;;/h9-10H,1-8H2,(H,17,18,19)(H,20,21,22);;/q;2*+1/p-2. The smallest absolute Gasteiger partial charge is 0.748 e. The maximum Gasteiger partial charge on any atom is 1.00 e. The first-order valence-electron chi connectivity index (χ1n) is 7.60. The second-order valence-electron chi connectivity index (χ2n) is 5.35. The van der Waals surface area contributed by atoms with Crippen molar-refractivity contribution in [1.29, 1.82) is 0 Å².